The molecule has 24 heavy (non-hydrogen) atoms. The SMILES string of the molecule is CCc1ccc(N2CCC(C(=O)Nc3ccc(C)cc3)C2=O)cc1. The van der Waals surface area contributed by atoms with Gasteiger partial charge in [0.15, 0.2) is 0 Å². The molecular formula is C20H22N2O2. The van der Waals surface area contributed by atoms with Crippen LogP contribution in [-0.4, -0.2) is 18.4 Å². The van der Waals surface area contributed by atoms with Gasteiger partial charge < -0.3 is 10.2 Å². The molecule has 4 heteroatoms. The van der Waals surface area contributed by atoms with Crippen LogP contribution < -0.4 is 10.2 Å². The van der Waals surface area contributed by atoms with E-state index in [1.54, 1.807) is 4.90 Å². The Balaban J connectivity index is 1.68. The first-order valence-corrected chi connectivity index (χ1v) is 8.36. The van der Waals surface area contributed by atoms with Crippen LogP contribution in [0.4, 0.5) is 11.4 Å². The molecule has 1 aliphatic rings. The molecule has 2 aromatic rings. The van der Waals surface area contributed by atoms with Gasteiger partial charge in [0.25, 0.3) is 0 Å². The normalized spacial score (nSPS) is 17.2. The predicted octanol–water partition coefficient (Wildman–Crippen LogP) is 3.55. The van der Waals surface area contributed by atoms with Gasteiger partial charge >= 0.3 is 0 Å². The standard InChI is InChI=1S/C20H22N2O2/c1-3-15-6-10-17(11-7-15)22-13-12-18(20(22)24)19(23)21-16-8-4-14(2)5-9-16/h4-11,18H,3,12-13H2,1-2H3,(H,21,23). The van der Waals surface area contributed by atoms with Crippen molar-refractivity contribution in [2.24, 2.45) is 5.92 Å². The lowest BCUT2D eigenvalue weighted by Crippen LogP contribution is -2.33. The van der Waals surface area contributed by atoms with E-state index in [1.165, 1.54) is 5.56 Å². The summed E-state index contributed by atoms with van der Waals surface area (Å²) >= 11 is 0. The van der Waals surface area contributed by atoms with Gasteiger partial charge in [0, 0.05) is 17.9 Å². The third-order valence-corrected chi connectivity index (χ3v) is 4.50. The number of hydrogen-bond acceptors (Lipinski definition) is 2. The number of hydrogen-bond donors (Lipinski definition) is 1. The molecule has 0 aliphatic carbocycles. The smallest absolute Gasteiger partial charge is 0.239 e. The van der Waals surface area contributed by atoms with Crippen molar-refractivity contribution in [3.63, 3.8) is 0 Å². The Morgan fingerprint density at radius 1 is 1.12 bits per heavy atom. The number of carbonyl (C=O) groups is 2. The second kappa shape index (κ2) is 6.87. The highest BCUT2D eigenvalue weighted by Crippen LogP contribution is 2.26. The number of amides is 2. The first kappa shape index (κ1) is 16.2. The van der Waals surface area contributed by atoms with E-state index in [4.69, 9.17) is 0 Å². The van der Waals surface area contributed by atoms with E-state index in [0.29, 0.717) is 13.0 Å². The lowest BCUT2D eigenvalue weighted by atomic mass is 10.1. The second-order valence-electron chi connectivity index (χ2n) is 6.21. The van der Waals surface area contributed by atoms with Gasteiger partial charge in [-0.3, -0.25) is 9.59 Å². The average molecular weight is 322 g/mol. The largest absolute Gasteiger partial charge is 0.325 e. The van der Waals surface area contributed by atoms with Gasteiger partial charge in [0.1, 0.15) is 5.92 Å². The van der Waals surface area contributed by atoms with Crippen LogP contribution in [0.3, 0.4) is 0 Å². The molecule has 1 atom stereocenters. The van der Waals surface area contributed by atoms with E-state index in [9.17, 15) is 9.59 Å². The van der Waals surface area contributed by atoms with Crippen molar-refractivity contribution in [2.75, 3.05) is 16.8 Å². The average Bonchev–Trinajstić information content (AvgIpc) is 2.98. The van der Waals surface area contributed by atoms with E-state index in [-0.39, 0.29) is 11.8 Å². The van der Waals surface area contributed by atoms with Gasteiger partial charge in [-0.2, -0.15) is 0 Å². The van der Waals surface area contributed by atoms with Crippen LogP contribution >= 0.6 is 0 Å². The summed E-state index contributed by atoms with van der Waals surface area (Å²) in [6, 6.07) is 15.6. The third-order valence-electron chi connectivity index (χ3n) is 4.50. The number of aryl methyl sites for hydroxylation is 2. The molecule has 1 saturated heterocycles. The summed E-state index contributed by atoms with van der Waals surface area (Å²) in [6.07, 6.45) is 1.52. The molecular weight excluding hydrogens is 300 g/mol. The van der Waals surface area contributed by atoms with Crippen LogP contribution in [0.25, 0.3) is 0 Å². The van der Waals surface area contributed by atoms with Crippen molar-refractivity contribution in [3.05, 3.63) is 59.7 Å². The number of benzene rings is 2. The molecule has 0 bridgehead atoms. The molecule has 124 valence electrons. The van der Waals surface area contributed by atoms with Gasteiger partial charge in [-0.05, 0) is 49.6 Å². The van der Waals surface area contributed by atoms with E-state index < -0.39 is 5.92 Å². The molecule has 1 unspecified atom stereocenters. The lowest BCUT2D eigenvalue weighted by Gasteiger charge is -2.17. The third kappa shape index (κ3) is 3.32. The van der Waals surface area contributed by atoms with Crippen LogP contribution in [0.5, 0.6) is 0 Å². The quantitative estimate of drug-likeness (QED) is 0.875. The van der Waals surface area contributed by atoms with Crippen LogP contribution in [0.15, 0.2) is 48.5 Å². The molecule has 2 aromatic carbocycles. The summed E-state index contributed by atoms with van der Waals surface area (Å²) in [5, 5.41) is 2.85. The Morgan fingerprint density at radius 3 is 2.42 bits per heavy atom. The zero-order valence-corrected chi connectivity index (χ0v) is 14.1. The fourth-order valence-corrected chi connectivity index (χ4v) is 2.96. The molecule has 2 amide bonds. The number of nitrogens with zero attached hydrogens (tertiary/aromatic N) is 1. The monoisotopic (exact) mass is 322 g/mol. The molecule has 0 radical (unpaired) electrons. The van der Waals surface area contributed by atoms with Crippen LogP contribution in [-0.2, 0) is 16.0 Å². The van der Waals surface area contributed by atoms with Gasteiger partial charge in [-0.15, -0.1) is 0 Å². The Morgan fingerprint density at radius 2 is 1.79 bits per heavy atom. The van der Waals surface area contributed by atoms with E-state index >= 15 is 0 Å². The molecule has 1 aliphatic heterocycles. The molecule has 1 N–H and O–H groups in total. The topological polar surface area (TPSA) is 49.4 Å². The Hall–Kier alpha value is -2.62. The molecule has 3 rings (SSSR count). The first-order valence-electron chi connectivity index (χ1n) is 8.36. The molecule has 4 nitrogen and oxygen atoms in total. The highest BCUT2D eigenvalue weighted by Gasteiger charge is 2.37. The van der Waals surface area contributed by atoms with Gasteiger partial charge in [0.2, 0.25) is 11.8 Å². The van der Waals surface area contributed by atoms with Crippen LogP contribution in [0, 0.1) is 12.8 Å². The highest BCUT2D eigenvalue weighted by molar-refractivity contribution is 6.13. The number of rotatable bonds is 4. The van der Waals surface area contributed by atoms with Crippen molar-refractivity contribution in [2.45, 2.75) is 26.7 Å². The summed E-state index contributed by atoms with van der Waals surface area (Å²) < 4.78 is 0. The minimum Gasteiger partial charge on any atom is -0.325 e. The Labute approximate surface area is 142 Å². The van der Waals surface area contributed by atoms with Crippen molar-refractivity contribution < 1.29 is 9.59 Å². The second-order valence-corrected chi connectivity index (χ2v) is 6.21. The first-order chi connectivity index (χ1) is 11.6. The van der Waals surface area contributed by atoms with Crippen LogP contribution in [0.1, 0.15) is 24.5 Å². The van der Waals surface area contributed by atoms with E-state index in [1.807, 2.05) is 55.5 Å². The summed E-state index contributed by atoms with van der Waals surface area (Å²) in [5.74, 6) is -0.961. The summed E-state index contributed by atoms with van der Waals surface area (Å²) in [6.45, 7) is 4.67. The minimum absolute atomic E-state index is 0.121. The van der Waals surface area contributed by atoms with Gasteiger partial charge in [0.05, 0.1) is 0 Å². The minimum atomic E-state index is -0.614. The van der Waals surface area contributed by atoms with Gasteiger partial charge in [-0.1, -0.05) is 36.8 Å². The maximum atomic E-state index is 12.6. The maximum absolute atomic E-state index is 12.6. The predicted molar refractivity (Wildman–Crippen MR) is 96.1 cm³/mol. The van der Waals surface area contributed by atoms with Crippen molar-refractivity contribution >= 4 is 23.2 Å². The number of nitrogens with one attached hydrogen (secondary N) is 1. The molecule has 1 heterocycles. The fraction of sp³-hybridized carbons (Fsp3) is 0.300. The number of anilines is 2. The summed E-state index contributed by atoms with van der Waals surface area (Å²) in [7, 11) is 0. The fourth-order valence-electron chi connectivity index (χ4n) is 2.96. The van der Waals surface area contributed by atoms with Crippen molar-refractivity contribution in [3.8, 4) is 0 Å². The zero-order chi connectivity index (χ0) is 17.1. The zero-order valence-electron chi connectivity index (χ0n) is 14.1. The Bertz CT molecular complexity index is 735. The molecule has 0 spiro atoms. The Kier molecular flexibility index (Phi) is 4.65. The van der Waals surface area contributed by atoms with E-state index in [0.717, 1.165) is 23.4 Å². The molecule has 1 fully saturated rings. The van der Waals surface area contributed by atoms with Crippen molar-refractivity contribution in [1.82, 2.24) is 0 Å². The summed E-state index contributed by atoms with van der Waals surface area (Å²) in [5.41, 5.74) is 3.96. The lowest BCUT2D eigenvalue weighted by molar-refractivity contribution is -0.129. The molecule has 0 aromatic heterocycles. The summed E-state index contributed by atoms with van der Waals surface area (Å²) in [4.78, 5) is 26.7. The highest BCUT2D eigenvalue weighted by atomic mass is 16.2. The van der Waals surface area contributed by atoms with Gasteiger partial charge in [-0.25, -0.2) is 0 Å². The maximum Gasteiger partial charge on any atom is 0.239 e. The van der Waals surface area contributed by atoms with Crippen LogP contribution in [0.2, 0.25) is 0 Å². The number of carbonyl (C=O) groups excluding carboxylic acids is 2. The van der Waals surface area contributed by atoms with Crippen molar-refractivity contribution in [1.29, 1.82) is 0 Å². The van der Waals surface area contributed by atoms with E-state index in [2.05, 4.69) is 12.2 Å². The molecule has 0 saturated carbocycles.